The summed E-state index contributed by atoms with van der Waals surface area (Å²) in [6.45, 7) is 1.89. The van der Waals surface area contributed by atoms with Gasteiger partial charge in [0.15, 0.2) is 0 Å². The number of hydrogen-bond donors (Lipinski definition) is 1. The quantitative estimate of drug-likeness (QED) is 0.406. The second-order valence-corrected chi connectivity index (χ2v) is 9.77. The van der Waals surface area contributed by atoms with E-state index in [0.29, 0.717) is 29.2 Å². The molecule has 1 amide bonds. The number of ether oxygens (including phenoxy) is 1. The van der Waals surface area contributed by atoms with Gasteiger partial charge in [0.2, 0.25) is 5.91 Å². The Bertz CT molecular complexity index is 1520. The minimum absolute atomic E-state index is 0.0717. The van der Waals surface area contributed by atoms with Crippen LogP contribution < -0.4 is 20.0 Å². The average Bonchev–Trinajstić information content (AvgIpc) is 3.07. The molecule has 0 atom stereocenters. The van der Waals surface area contributed by atoms with Gasteiger partial charge in [-0.1, -0.05) is 18.2 Å². The van der Waals surface area contributed by atoms with Crippen LogP contribution in [0.2, 0.25) is 0 Å². The molecule has 1 N–H and O–H groups in total. The fourth-order valence-electron chi connectivity index (χ4n) is 3.83. The number of hydrogen-bond acceptors (Lipinski definition) is 5. The van der Waals surface area contributed by atoms with Crippen LogP contribution in [0, 0.1) is 0 Å². The van der Waals surface area contributed by atoms with E-state index < -0.39 is 22.5 Å². The molecular formula is C25H26N4O5S. The van der Waals surface area contributed by atoms with Crippen molar-refractivity contribution >= 4 is 38.3 Å². The Kier molecular flexibility index (Phi) is 6.65. The lowest BCUT2D eigenvalue weighted by Gasteiger charge is -2.24. The first-order chi connectivity index (χ1) is 16.7. The molecule has 1 heterocycles. The summed E-state index contributed by atoms with van der Waals surface area (Å²) in [5.41, 5.74) is 1.97. The van der Waals surface area contributed by atoms with E-state index in [2.05, 4.69) is 5.32 Å². The van der Waals surface area contributed by atoms with E-state index in [1.54, 1.807) is 74.8 Å². The summed E-state index contributed by atoms with van der Waals surface area (Å²) < 4.78 is 36.4. The van der Waals surface area contributed by atoms with Gasteiger partial charge in [0, 0.05) is 19.8 Å². The van der Waals surface area contributed by atoms with E-state index >= 15 is 0 Å². The number of fused-ring (bicyclic) bond motifs is 1. The van der Waals surface area contributed by atoms with Crippen molar-refractivity contribution in [2.24, 2.45) is 14.1 Å². The summed E-state index contributed by atoms with van der Waals surface area (Å²) in [6, 6.07) is 19.6. The molecule has 4 rings (SSSR count). The number of sulfonamides is 1. The molecule has 4 aromatic rings. The van der Waals surface area contributed by atoms with Gasteiger partial charge in [-0.25, -0.2) is 13.2 Å². The second kappa shape index (κ2) is 9.67. The molecule has 3 aromatic carbocycles. The van der Waals surface area contributed by atoms with Crippen LogP contribution in [0.1, 0.15) is 6.92 Å². The number of anilines is 2. The van der Waals surface area contributed by atoms with Crippen molar-refractivity contribution in [2.45, 2.75) is 11.8 Å². The molecule has 0 fully saturated rings. The summed E-state index contributed by atoms with van der Waals surface area (Å²) in [4.78, 5) is 25.3. The standard InChI is InChI=1S/C25H26N4O5S/c1-4-34-20-13-11-19(12-14-20)29(35(32,33)21-8-6-5-7-9-21)17-24(30)26-18-10-15-22-23(16-18)28(3)25(31)27(22)2/h5-16H,4,17H2,1-3H3,(H,26,30). The van der Waals surface area contributed by atoms with Gasteiger partial charge in [-0.3, -0.25) is 18.2 Å². The van der Waals surface area contributed by atoms with Crippen LogP contribution >= 0.6 is 0 Å². The highest BCUT2D eigenvalue weighted by Gasteiger charge is 2.27. The van der Waals surface area contributed by atoms with Crippen LogP contribution in [0.3, 0.4) is 0 Å². The molecule has 0 saturated carbocycles. The first-order valence-electron chi connectivity index (χ1n) is 11.0. The summed E-state index contributed by atoms with van der Waals surface area (Å²) in [6.07, 6.45) is 0. The monoisotopic (exact) mass is 494 g/mol. The molecule has 0 aliphatic heterocycles. The SMILES string of the molecule is CCOc1ccc(N(CC(=O)Nc2ccc3c(c2)n(C)c(=O)n3C)S(=O)(=O)c2ccccc2)cc1. The molecule has 0 saturated heterocycles. The van der Waals surface area contributed by atoms with Gasteiger partial charge in [-0.05, 0) is 61.5 Å². The number of nitrogens with one attached hydrogen (secondary N) is 1. The zero-order chi connectivity index (χ0) is 25.2. The fraction of sp³-hybridized carbons (Fsp3) is 0.200. The maximum atomic E-state index is 13.5. The molecule has 0 aliphatic rings. The third kappa shape index (κ3) is 4.78. The van der Waals surface area contributed by atoms with E-state index in [0.717, 1.165) is 9.82 Å². The Labute approximate surface area is 203 Å². The number of imidazole rings is 1. The predicted octanol–water partition coefficient (Wildman–Crippen LogP) is 3.11. The minimum Gasteiger partial charge on any atom is -0.494 e. The second-order valence-electron chi connectivity index (χ2n) is 7.90. The maximum Gasteiger partial charge on any atom is 0.328 e. The van der Waals surface area contributed by atoms with Crippen molar-refractivity contribution in [1.29, 1.82) is 0 Å². The third-order valence-corrected chi connectivity index (χ3v) is 7.40. The molecule has 0 aliphatic carbocycles. The van der Waals surface area contributed by atoms with Gasteiger partial charge in [-0.15, -0.1) is 0 Å². The topological polar surface area (TPSA) is 103 Å². The van der Waals surface area contributed by atoms with Crippen molar-refractivity contribution in [1.82, 2.24) is 9.13 Å². The first-order valence-corrected chi connectivity index (χ1v) is 12.4. The molecule has 0 bridgehead atoms. The fourth-order valence-corrected chi connectivity index (χ4v) is 5.27. The zero-order valence-electron chi connectivity index (χ0n) is 19.6. The van der Waals surface area contributed by atoms with Gasteiger partial charge in [-0.2, -0.15) is 0 Å². The van der Waals surface area contributed by atoms with E-state index in [4.69, 9.17) is 4.74 Å². The van der Waals surface area contributed by atoms with Crippen LogP contribution in [-0.4, -0.2) is 36.6 Å². The molecular weight excluding hydrogens is 468 g/mol. The minimum atomic E-state index is -4.03. The number of amides is 1. The third-order valence-electron chi connectivity index (χ3n) is 5.61. The number of nitrogens with zero attached hydrogens (tertiary/aromatic N) is 3. The zero-order valence-corrected chi connectivity index (χ0v) is 20.5. The number of carbonyl (C=O) groups is 1. The lowest BCUT2D eigenvalue weighted by Crippen LogP contribution is -2.38. The summed E-state index contributed by atoms with van der Waals surface area (Å²) in [5.74, 6) is 0.0678. The highest BCUT2D eigenvalue weighted by atomic mass is 32.2. The van der Waals surface area contributed by atoms with Crippen LogP contribution in [0.25, 0.3) is 11.0 Å². The van der Waals surface area contributed by atoms with Crippen LogP contribution in [-0.2, 0) is 28.9 Å². The summed E-state index contributed by atoms with van der Waals surface area (Å²) >= 11 is 0. The Morgan fingerprint density at radius 1 is 0.943 bits per heavy atom. The number of rotatable bonds is 8. The van der Waals surface area contributed by atoms with Crippen molar-refractivity contribution in [2.75, 3.05) is 22.8 Å². The average molecular weight is 495 g/mol. The number of carbonyl (C=O) groups excluding carboxylic acids is 1. The molecule has 0 radical (unpaired) electrons. The highest BCUT2D eigenvalue weighted by molar-refractivity contribution is 7.92. The Hall–Kier alpha value is -4.05. The molecule has 182 valence electrons. The molecule has 0 unspecified atom stereocenters. The Morgan fingerprint density at radius 2 is 1.60 bits per heavy atom. The normalized spacial score (nSPS) is 11.4. The van der Waals surface area contributed by atoms with Gasteiger partial charge >= 0.3 is 5.69 Å². The number of aryl methyl sites for hydroxylation is 2. The number of aromatic nitrogens is 2. The largest absolute Gasteiger partial charge is 0.494 e. The molecule has 1 aromatic heterocycles. The van der Waals surface area contributed by atoms with E-state index in [1.807, 2.05) is 6.92 Å². The van der Waals surface area contributed by atoms with Crippen molar-refractivity contribution < 1.29 is 17.9 Å². The van der Waals surface area contributed by atoms with Crippen molar-refractivity contribution in [3.05, 3.63) is 83.3 Å². The summed E-state index contributed by atoms with van der Waals surface area (Å²) in [5, 5.41) is 2.75. The van der Waals surface area contributed by atoms with Gasteiger partial charge in [0.25, 0.3) is 10.0 Å². The predicted molar refractivity (Wildman–Crippen MR) is 135 cm³/mol. The maximum absolute atomic E-state index is 13.5. The van der Waals surface area contributed by atoms with E-state index in [1.165, 1.54) is 21.3 Å². The molecule has 9 nitrogen and oxygen atoms in total. The molecule has 0 spiro atoms. The highest BCUT2D eigenvalue weighted by Crippen LogP contribution is 2.26. The van der Waals surface area contributed by atoms with E-state index in [9.17, 15) is 18.0 Å². The van der Waals surface area contributed by atoms with Crippen LogP contribution in [0.5, 0.6) is 5.75 Å². The lowest BCUT2D eigenvalue weighted by molar-refractivity contribution is -0.114. The smallest absolute Gasteiger partial charge is 0.328 e. The molecule has 10 heteroatoms. The van der Waals surface area contributed by atoms with Gasteiger partial charge < -0.3 is 10.1 Å². The molecule has 35 heavy (non-hydrogen) atoms. The Morgan fingerprint density at radius 3 is 2.26 bits per heavy atom. The number of benzene rings is 3. The van der Waals surface area contributed by atoms with E-state index in [-0.39, 0.29) is 10.6 Å². The first kappa shape index (κ1) is 24.1. The lowest BCUT2D eigenvalue weighted by atomic mass is 10.2. The van der Waals surface area contributed by atoms with Crippen LogP contribution in [0.15, 0.2) is 82.5 Å². The van der Waals surface area contributed by atoms with Crippen molar-refractivity contribution in [3.63, 3.8) is 0 Å². The van der Waals surface area contributed by atoms with Gasteiger partial charge in [0.05, 0.1) is 28.2 Å². The Balaban J connectivity index is 1.65. The summed E-state index contributed by atoms with van der Waals surface area (Å²) in [7, 11) is -0.706. The van der Waals surface area contributed by atoms with Gasteiger partial charge in [0.1, 0.15) is 12.3 Å². The van der Waals surface area contributed by atoms with Crippen LogP contribution in [0.4, 0.5) is 11.4 Å². The van der Waals surface area contributed by atoms with Crippen molar-refractivity contribution in [3.8, 4) is 5.75 Å².